The first kappa shape index (κ1) is 24.3. The summed E-state index contributed by atoms with van der Waals surface area (Å²) in [7, 11) is 0. The number of imidazole rings is 1. The molecule has 0 bridgehead atoms. The SMILES string of the molecule is CCCCc1nc(C[O-])c(Cl)n1Cc1ccc(-c2ccccc2-c2nn[nH]n2)cc1.[K+]. The van der Waals surface area contributed by atoms with Crippen LogP contribution in [0.15, 0.2) is 48.5 Å². The third-order valence-electron chi connectivity index (χ3n) is 5.06. The van der Waals surface area contributed by atoms with Gasteiger partial charge in [0.1, 0.15) is 11.0 Å². The van der Waals surface area contributed by atoms with Crippen LogP contribution in [0.5, 0.6) is 0 Å². The molecule has 0 spiro atoms. The molecular weight excluding hydrogens is 439 g/mol. The van der Waals surface area contributed by atoms with Gasteiger partial charge < -0.3 is 9.67 Å². The van der Waals surface area contributed by atoms with Gasteiger partial charge in [-0.2, -0.15) is 5.21 Å². The van der Waals surface area contributed by atoms with Gasteiger partial charge in [0.25, 0.3) is 0 Å². The van der Waals surface area contributed by atoms with E-state index in [0.29, 0.717) is 23.2 Å². The molecule has 0 unspecified atom stereocenters. The zero-order chi connectivity index (χ0) is 20.9. The van der Waals surface area contributed by atoms with Crippen LogP contribution < -0.4 is 56.5 Å². The predicted octanol–water partition coefficient (Wildman–Crippen LogP) is 0.639. The summed E-state index contributed by atoms with van der Waals surface area (Å²) >= 11 is 6.44. The number of tetrazole rings is 1. The Bertz CT molecular complexity index is 1110. The smallest absolute Gasteiger partial charge is 0.850 e. The number of rotatable bonds is 8. The molecule has 0 amide bonds. The molecule has 0 atom stereocenters. The normalized spacial score (nSPS) is 10.8. The molecule has 0 aliphatic heterocycles. The van der Waals surface area contributed by atoms with Crippen molar-refractivity contribution in [1.29, 1.82) is 0 Å². The summed E-state index contributed by atoms with van der Waals surface area (Å²) in [6.45, 7) is 2.31. The van der Waals surface area contributed by atoms with Crippen molar-refractivity contribution >= 4 is 11.6 Å². The van der Waals surface area contributed by atoms with Crippen LogP contribution >= 0.6 is 11.6 Å². The van der Waals surface area contributed by atoms with E-state index in [1.807, 2.05) is 28.8 Å². The number of nitrogens with one attached hydrogen (secondary N) is 1. The number of H-pyrrole nitrogens is 1. The van der Waals surface area contributed by atoms with E-state index in [4.69, 9.17) is 11.6 Å². The fourth-order valence-corrected chi connectivity index (χ4v) is 3.74. The van der Waals surface area contributed by atoms with E-state index in [9.17, 15) is 5.11 Å². The van der Waals surface area contributed by atoms with Gasteiger partial charge in [0.2, 0.25) is 5.82 Å². The zero-order valence-electron chi connectivity index (χ0n) is 17.7. The molecule has 0 aliphatic rings. The Labute approximate surface area is 228 Å². The van der Waals surface area contributed by atoms with Crippen molar-refractivity contribution in [2.75, 3.05) is 0 Å². The standard InChI is InChI=1S/C22H22ClN6O.K/c1-2-3-8-20-24-19(14-30)21(23)29(20)13-15-9-11-16(12-10-15)17-6-4-5-7-18(17)22-25-27-28-26-22;/h4-7,9-12H,2-3,8,13-14H2,1H3,(H,25,26,27,28);/q-1;+1. The van der Waals surface area contributed by atoms with Crippen LogP contribution in [0.2, 0.25) is 5.15 Å². The molecule has 9 heteroatoms. The number of aryl methyl sites for hydroxylation is 1. The molecule has 1 N–H and O–H groups in total. The molecule has 4 rings (SSSR count). The minimum absolute atomic E-state index is 0. The van der Waals surface area contributed by atoms with Crippen molar-refractivity contribution in [2.45, 2.75) is 39.3 Å². The Hall–Kier alpha value is -1.39. The first-order valence-corrected chi connectivity index (χ1v) is 10.3. The van der Waals surface area contributed by atoms with Crippen LogP contribution in [-0.4, -0.2) is 30.2 Å². The van der Waals surface area contributed by atoms with Crippen molar-refractivity contribution in [3.63, 3.8) is 0 Å². The number of halogens is 1. The number of hydrogen-bond acceptors (Lipinski definition) is 5. The summed E-state index contributed by atoms with van der Waals surface area (Å²) in [6.07, 6.45) is 2.88. The monoisotopic (exact) mass is 460 g/mol. The average molecular weight is 461 g/mol. The summed E-state index contributed by atoms with van der Waals surface area (Å²) in [4.78, 5) is 4.46. The molecular formula is C22H22ClKN6O. The quantitative estimate of drug-likeness (QED) is 0.389. The van der Waals surface area contributed by atoms with Crippen LogP contribution in [0.25, 0.3) is 22.5 Å². The fourth-order valence-electron chi connectivity index (χ4n) is 3.49. The number of benzene rings is 2. The first-order valence-electron chi connectivity index (χ1n) is 9.95. The molecule has 0 fully saturated rings. The zero-order valence-corrected chi connectivity index (χ0v) is 21.6. The Morgan fingerprint density at radius 2 is 1.81 bits per heavy atom. The minimum Gasteiger partial charge on any atom is -0.850 e. The maximum absolute atomic E-state index is 11.4. The Balaban J connectivity index is 0.00000272. The van der Waals surface area contributed by atoms with E-state index in [1.54, 1.807) is 0 Å². The van der Waals surface area contributed by atoms with Gasteiger partial charge in [0, 0.05) is 12.0 Å². The van der Waals surface area contributed by atoms with Gasteiger partial charge in [-0.1, -0.05) is 80.1 Å². The third-order valence-corrected chi connectivity index (χ3v) is 5.48. The van der Waals surface area contributed by atoms with Gasteiger partial charge in [-0.3, -0.25) is 0 Å². The summed E-state index contributed by atoms with van der Waals surface area (Å²) < 4.78 is 1.95. The van der Waals surface area contributed by atoms with Crippen molar-refractivity contribution in [2.24, 2.45) is 0 Å². The van der Waals surface area contributed by atoms with Gasteiger partial charge in [0.15, 0.2) is 0 Å². The summed E-state index contributed by atoms with van der Waals surface area (Å²) in [6, 6.07) is 16.2. The maximum Gasteiger partial charge on any atom is 1.00 e. The average Bonchev–Trinajstić information content (AvgIpc) is 3.42. The van der Waals surface area contributed by atoms with E-state index < -0.39 is 6.61 Å². The number of aromatic amines is 1. The maximum atomic E-state index is 11.4. The van der Waals surface area contributed by atoms with Crippen LogP contribution in [0, 0.1) is 0 Å². The molecule has 4 aromatic rings. The second-order valence-corrected chi connectivity index (χ2v) is 7.44. The summed E-state index contributed by atoms with van der Waals surface area (Å²) in [5.74, 6) is 1.44. The van der Waals surface area contributed by atoms with Gasteiger partial charge in [-0.15, -0.1) is 10.2 Å². The van der Waals surface area contributed by atoms with E-state index in [-0.39, 0.29) is 51.4 Å². The Kier molecular flexibility index (Phi) is 8.97. The van der Waals surface area contributed by atoms with E-state index in [0.717, 1.165) is 47.3 Å². The molecule has 0 saturated carbocycles. The molecule has 2 aromatic carbocycles. The Morgan fingerprint density at radius 1 is 1.06 bits per heavy atom. The van der Waals surface area contributed by atoms with E-state index in [1.165, 1.54) is 0 Å². The van der Waals surface area contributed by atoms with E-state index >= 15 is 0 Å². The van der Waals surface area contributed by atoms with Crippen molar-refractivity contribution in [1.82, 2.24) is 30.2 Å². The Morgan fingerprint density at radius 3 is 2.45 bits per heavy atom. The van der Waals surface area contributed by atoms with Crippen molar-refractivity contribution < 1.29 is 56.5 Å². The van der Waals surface area contributed by atoms with Crippen LogP contribution in [-0.2, 0) is 19.6 Å². The summed E-state index contributed by atoms with van der Waals surface area (Å²) in [5, 5.41) is 26.2. The summed E-state index contributed by atoms with van der Waals surface area (Å²) in [5.41, 5.74) is 4.52. The van der Waals surface area contributed by atoms with Crippen LogP contribution in [0.3, 0.4) is 0 Å². The molecule has 2 aromatic heterocycles. The predicted molar refractivity (Wildman–Crippen MR) is 114 cm³/mol. The van der Waals surface area contributed by atoms with E-state index in [2.05, 4.69) is 56.8 Å². The van der Waals surface area contributed by atoms with Gasteiger partial charge >= 0.3 is 51.4 Å². The molecule has 31 heavy (non-hydrogen) atoms. The van der Waals surface area contributed by atoms with Crippen LogP contribution in [0.4, 0.5) is 0 Å². The number of unbranched alkanes of at least 4 members (excludes halogenated alkanes) is 1. The topological polar surface area (TPSA) is 95.3 Å². The molecule has 154 valence electrons. The van der Waals surface area contributed by atoms with Gasteiger partial charge in [-0.25, -0.2) is 4.98 Å². The first-order chi connectivity index (χ1) is 14.7. The number of nitrogens with zero attached hydrogens (tertiary/aromatic N) is 5. The van der Waals surface area contributed by atoms with Crippen molar-refractivity contribution in [3.05, 3.63) is 70.8 Å². The second-order valence-electron chi connectivity index (χ2n) is 7.08. The third kappa shape index (κ3) is 5.51. The van der Waals surface area contributed by atoms with Gasteiger partial charge in [0.05, 0.1) is 12.2 Å². The molecule has 2 heterocycles. The van der Waals surface area contributed by atoms with Gasteiger partial charge in [-0.05, 0) is 28.3 Å². The second kappa shape index (κ2) is 11.5. The largest absolute Gasteiger partial charge is 1.00 e. The number of hydrogen-bond donors (Lipinski definition) is 1. The molecule has 7 nitrogen and oxygen atoms in total. The van der Waals surface area contributed by atoms with Crippen LogP contribution in [0.1, 0.15) is 36.8 Å². The minimum atomic E-state index is -0.406. The fraction of sp³-hybridized carbons (Fsp3) is 0.273. The van der Waals surface area contributed by atoms with Crippen molar-refractivity contribution in [3.8, 4) is 22.5 Å². The molecule has 0 aliphatic carbocycles. The molecule has 0 radical (unpaired) electrons. The molecule has 0 saturated heterocycles. The number of aromatic nitrogens is 6.